The van der Waals surface area contributed by atoms with E-state index in [9.17, 15) is 19.7 Å². The molecule has 1 aliphatic carbocycles. The fourth-order valence-corrected chi connectivity index (χ4v) is 1.15. The van der Waals surface area contributed by atoms with Gasteiger partial charge in [-0.3, -0.25) is 19.7 Å². The van der Waals surface area contributed by atoms with Gasteiger partial charge in [-0.15, -0.1) is 0 Å². The summed E-state index contributed by atoms with van der Waals surface area (Å²) in [7, 11) is 0. The van der Waals surface area contributed by atoms with Crippen LogP contribution in [-0.4, -0.2) is 23.0 Å². The van der Waals surface area contributed by atoms with Crippen molar-refractivity contribution in [3.8, 4) is 0 Å². The van der Waals surface area contributed by atoms with Crippen molar-refractivity contribution in [3.05, 3.63) is 33.5 Å². The molecule has 0 heterocycles. The average molecular weight is 197 g/mol. The molecule has 0 unspecified atom stereocenters. The normalized spacial score (nSPS) is 16.4. The number of nitrogens with zero attached hydrogens (tertiary/aromatic N) is 1. The van der Waals surface area contributed by atoms with E-state index in [2.05, 4.69) is 5.73 Å². The molecule has 1 rings (SSSR count). The summed E-state index contributed by atoms with van der Waals surface area (Å²) in [5, 5.41) is 10.5. The van der Waals surface area contributed by atoms with Crippen LogP contribution in [0.15, 0.2) is 23.4 Å². The first-order chi connectivity index (χ1) is 6.56. The van der Waals surface area contributed by atoms with Gasteiger partial charge >= 0.3 is 0 Å². The molecule has 0 atom stereocenters. The van der Waals surface area contributed by atoms with Crippen LogP contribution in [0.5, 0.6) is 0 Å². The van der Waals surface area contributed by atoms with Crippen molar-refractivity contribution in [1.29, 1.82) is 0 Å². The molecule has 0 aromatic carbocycles. The first-order valence-electron chi connectivity index (χ1n) is 4.01. The Hall–Kier alpha value is -1.82. The number of ketones is 2. The Kier molecular flexibility index (Phi) is 2.88. The number of carbonyl (C=O) groups is 2. The molecule has 0 saturated carbocycles. The molecular weight excluding hydrogens is 188 g/mol. The molecule has 3 N–H and O–H groups in total. The van der Waals surface area contributed by atoms with Crippen LogP contribution in [0.4, 0.5) is 0 Å². The smallest absolute Gasteiger partial charge is 0.277 e. The van der Waals surface area contributed by atoms with Crippen LogP contribution in [0.3, 0.4) is 0 Å². The lowest BCUT2D eigenvalue weighted by molar-refractivity contribution is -0.422. The van der Waals surface area contributed by atoms with E-state index in [0.717, 1.165) is 12.2 Å². The van der Waals surface area contributed by atoms with E-state index < -0.39 is 16.5 Å². The maximum Gasteiger partial charge on any atom is 0.277 e. The van der Waals surface area contributed by atoms with Crippen molar-refractivity contribution in [3.63, 3.8) is 0 Å². The molecule has 0 aliphatic heterocycles. The van der Waals surface area contributed by atoms with E-state index in [0.29, 0.717) is 13.0 Å². The average Bonchev–Trinajstić information content (AvgIpc) is 2.11. The van der Waals surface area contributed by atoms with E-state index >= 15 is 0 Å². The molecule has 6 heteroatoms. The minimum absolute atomic E-state index is 0.273. The third-order valence-corrected chi connectivity index (χ3v) is 1.79. The van der Waals surface area contributed by atoms with Gasteiger partial charge in [0.1, 0.15) is 0 Å². The summed E-state index contributed by atoms with van der Waals surface area (Å²) in [5.74, 6) is -1.55. The highest BCUT2D eigenvalue weighted by Crippen LogP contribution is 2.18. The zero-order chi connectivity index (χ0) is 10.7. The molecule has 0 saturated heterocycles. The van der Waals surface area contributed by atoms with Gasteiger partial charge in [0.05, 0.1) is 17.5 Å². The summed E-state index contributed by atoms with van der Waals surface area (Å²) in [5.41, 5.74) is 3.51. The molecule has 0 aromatic rings. The minimum atomic E-state index is -0.843. The maximum absolute atomic E-state index is 10.9. The third kappa shape index (κ3) is 1.91. The lowest BCUT2D eigenvalue weighted by Crippen LogP contribution is -2.50. The van der Waals surface area contributed by atoms with Crippen molar-refractivity contribution >= 4 is 11.6 Å². The van der Waals surface area contributed by atoms with Crippen LogP contribution in [0.1, 0.15) is 6.42 Å². The number of nitro groups is 1. The van der Waals surface area contributed by atoms with Crippen LogP contribution >= 0.6 is 0 Å². The number of rotatable bonds is 3. The van der Waals surface area contributed by atoms with Crippen molar-refractivity contribution in [2.24, 2.45) is 0 Å². The second-order valence-electron chi connectivity index (χ2n) is 2.79. The highest BCUT2D eigenvalue weighted by molar-refractivity contribution is 6.46. The molecular formula is C8H9N2O4+. The Morgan fingerprint density at radius 1 is 1.29 bits per heavy atom. The fourth-order valence-electron chi connectivity index (χ4n) is 1.15. The quantitative estimate of drug-likeness (QED) is 0.267. The predicted molar refractivity (Wildman–Crippen MR) is 45.5 cm³/mol. The summed E-state index contributed by atoms with van der Waals surface area (Å²) < 4.78 is 0. The molecule has 0 spiro atoms. The first kappa shape index (κ1) is 10.3. The van der Waals surface area contributed by atoms with Crippen LogP contribution in [-0.2, 0) is 9.59 Å². The van der Waals surface area contributed by atoms with E-state index in [-0.39, 0.29) is 11.3 Å². The topological polar surface area (TPSA) is 105 Å². The van der Waals surface area contributed by atoms with E-state index in [4.69, 9.17) is 0 Å². The Balaban J connectivity index is 3.06. The molecule has 6 nitrogen and oxygen atoms in total. The first-order valence-corrected chi connectivity index (χ1v) is 4.01. The summed E-state index contributed by atoms with van der Waals surface area (Å²) in [6, 6.07) is 0. The van der Waals surface area contributed by atoms with Gasteiger partial charge in [-0.25, -0.2) is 0 Å². The number of quaternary nitrogens is 1. The number of allylic oxidation sites excluding steroid dienone is 3. The van der Waals surface area contributed by atoms with Gasteiger partial charge < -0.3 is 5.73 Å². The highest BCUT2D eigenvalue weighted by Gasteiger charge is 2.27. The van der Waals surface area contributed by atoms with Gasteiger partial charge in [0, 0.05) is 12.0 Å². The van der Waals surface area contributed by atoms with Crippen LogP contribution in [0, 0.1) is 10.1 Å². The Morgan fingerprint density at radius 3 is 2.36 bits per heavy atom. The number of hydrogen-bond acceptors (Lipinski definition) is 4. The van der Waals surface area contributed by atoms with Crippen molar-refractivity contribution < 1.29 is 20.2 Å². The van der Waals surface area contributed by atoms with Gasteiger partial charge in [-0.2, -0.15) is 0 Å². The van der Waals surface area contributed by atoms with Crippen LogP contribution < -0.4 is 5.73 Å². The van der Waals surface area contributed by atoms with Crippen molar-refractivity contribution in [2.45, 2.75) is 6.42 Å². The van der Waals surface area contributed by atoms with Crippen LogP contribution in [0.25, 0.3) is 0 Å². The zero-order valence-corrected chi connectivity index (χ0v) is 7.36. The molecule has 0 amide bonds. The lowest BCUT2D eigenvalue weighted by Gasteiger charge is -2.05. The zero-order valence-electron chi connectivity index (χ0n) is 7.36. The van der Waals surface area contributed by atoms with Gasteiger partial charge in [0.15, 0.2) is 0 Å². The van der Waals surface area contributed by atoms with Crippen molar-refractivity contribution in [1.82, 2.24) is 0 Å². The van der Waals surface area contributed by atoms with E-state index in [1.807, 2.05) is 0 Å². The molecule has 74 valence electrons. The highest BCUT2D eigenvalue weighted by atomic mass is 16.6. The van der Waals surface area contributed by atoms with E-state index in [1.165, 1.54) is 0 Å². The Morgan fingerprint density at radius 2 is 1.86 bits per heavy atom. The van der Waals surface area contributed by atoms with Gasteiger partial charge in [0.2, 0.25) is 11.6 Å². The number of carbonyl (C=O) groups excluding carboxylic acids is 2. The summed E-state index contributed by atoms with van der Waals surface area (Å²) in [6.07, 6.45) is 2.12. The van der Waals surface area contributed by atoms with Gasteiger partial charge in [-0.05, 0) is 6.08 Å². The lowest BCUT2D eigenvalue weighted by atomic mass is 9.99. The van der Waals surface area contributed by atoms with E-state index in [1.54, 1.807) is 0 Å². The summed E-state index contributed by atoms with van der Waals surface area (Å²) in [4.78, 5) is 31.6. The molecule has 0 aromatic heterocycles. The number of hydrogen-bond donors (Lipinski definition) is 1. The molecule has 14 heavy (non-hydrogen) atoms. The van der Waals surface area contributed by atoms with Crippen LogP contribution in [0.2, 0.25) is 0 Å². The second kappa shape index (κ2) is 3.93. The molecule has 0 bridgehead atoms. The molecule has 1 aliphatic rings. The summed E-state index contributed by atoms with van der Waals surface area (Å²) in [6.45, 7) is 0.443. The van der Waals surface area contributed by atoms with Gasteiger partial charge in [-0.1, -0.05) is 0 Å². The standard InChI is InChI=1S/C8H8N2O4/c9-2-1-5-3-7(11)8(12)4-6(5)10(13)14/h3-4H,1-2,9H2/p+1. The second-order valence-corrected chi connectivity index (χ2v) is 2.79. The molecule has 0 fully saturated rings. The monoisotopic (exact) mass is 197 g/mol. The predicted octanol–water partition coefficient (Wildman–Crippen LogP) is -1.14. The third-order valence-electron chi connectivity index (χ3n) is 1.79. The van der Waals surface area contributed by atoms with Gasteiger partial charge in [0.25, 0.3) is 5.70 Å². The minimum Gasteiger partial charge on any atom is -0.357 e. The largest absolute Gasteiger partial charge is 0.357 e. The summed E-state index contributed by atoms with van der Waals surface area (Å²) >= 11 is 0. The SMILES string of the molecule is [NH3+]CCC1=CC(=O)C(=O)C=C1[N+](=O)[O-]. The fraction of sp³-hybridized carbons (Fsp3) is 0.250. The maximum atomic E-state index is 10.9. The van der Waals surface area contributed by atoms with Crippen molar-refractivity contribution in [2.75, 3.05) is 6.54 Å². The Bertz CT molecular complexity index is 368. The Labute approximate surface area is 79.2 Å². The molecule has 0 radical (unpaired) electrons.